The molecule has 69 heavy (non-hydrogen) atoms. The molecule has 8 unspecified atom stereocenters. The fourth-order valence-corrected chi connectivity index (χ4v) is 8.09. The van der Waals surface area contributed by atoms with Gasteiger partial charge in [-0.3, -0.25) is 9.59 Å². The van der Waals surface area contributed by atoms with Gasteiger partial charge in [-0.1, -0.05) is 241 Å². The van der Waals surface area contributed by atoms with E-state index in [1.807, 2.05) is 72.9 Å². The monoisotopic (exact) mass is 970 g/mol. The molecule has 0 aromatic heterocycles. The molecule has 1 saturated heterocycles. The van der Waals surface area contributed by atoms with Gasteiger partial charge in [0.2, 0.25) is 5.91 Å². The molecule has 0 radical (unpaired) electrons. The lowest BCUT2D eigenvalue weighted by molar-refractivity contribution is -0.305. The first-order chi connectivity index (χ1) is 33.7. The van der Waals surface area contributed by atoms with Gasteiger partial charge in [0.1, 0.15) is 24.4 Å². The number of allylic oxidation sites excluding steroid dienone is 13. The van der Waals surface area contributed by atoms with Crippen LogP contribution < -0.4 is 5.32 Å². The predicted octanol–water partition coefficient (Wildman–Crippen LogP) is 11.8. The Kier molecular flexibility index (Phi) is 42.5. The Labute approximate surface area is 419 Å². The largest absolute Gasteiger partial charge is 0.454 e. The van der Waals surface area contributed by atoms with Gasteiger partial charge in [0.25, 0.3) is 0 Å². The molecule has 1 amide bonds. The molecule has 1 heterocycles. The first-order valence-corrected chi connectivity index (χ1v) is 27.4. The Balaban J connectivity index is 2.80. The average Bonchev–Trinajstić information content (AvgIpc) is 3.34. The molecule has 0 saturated carbocycles. The van der Waals surface area contributed by atoms with Crippen molar-refractivity contribution >= 4 is 11.9 Å². The number of unbranched alkanes of at least 4 members (excludes halogenated alkanes) is 23. The van der Waals surface area contributed by atoms with Crippen LogP contribution in [0.4, 0.5) is 0 Å². The van der Waals surface area contributed by atoms with Crippen molar-refractivity contribution in [2.45, 2.75) is 256 Å². The maximum absolute atomic E-state index is 13.3. The fraction of sp³-hybridized carbons (Fsp3) is 0.724. The molecule has 0 bridgehead atoms. The van der Waals surface area contributed by atoms with Crippen LogP contribution in [0, 0.1) is 0 Å². The van der Waals surface area contributed by atoms with Gasteiger partial charge < -0.3 is 45.1 Å². The summed E-state index contributed by atoms with van der Waals surface area (Å²) in [4.78, 5) is 26.4. The van der Waals surface area contributed by atoms with Gasteiger partial charge >= 0.3 is 5.97 Å². The summed E-state index contributed by atoms with van der Waals surface area (Å²) in [7, 11) is 0. The first kappa shape index (κ1) is 63.9. The number of hydrogen-bond donors (Lipinski definition) is 6. The Bertz CT molecular complexity index is 1440. The zero-order valence-electron chi connectivity index (χ0n) is 43.4. The molecule has 1 fully saturated rings. The molecule has 6 N–H and O–H groups in total. The van der Waals surface area contributed by atoms with E-state index < -0.39 is 67.4 Å². The van der Waals surface area contributed by atoms with Crippen LogP contribution in [0.1, 0.15) is 207 Å². The predicted molar refractivity (Wildman–Crippen MR) is 282 cm³/mol. The van der Waals surface area contributed by atoms with E-state index >= 15 is 0 Å². The Morgan fingerprint density at radius 2 is 1.04 bits per heavy atom. The van der Waals surface area contributed by atoms with Crippen molar-refractivity contribution in [2.24, 2.45) is 0 Å². The molecule has 11 nitrogen and oxygen atoms in total. The van der Waals surface area contributed by atoms with E-state index in [4.69, 9.17) is 14.2 Å². The van der Waals surface area contributed by atoms with Crippen LogP contribution in [0.25, 0.3) is 0 Å². The van der Waals surface area contributed by atoms with E-state index in [0.29, 0.717) is 12.8 Å². The maximum Gasteiger partial charge on any atom is 0.306 e. The number of esters is 1. The lowest BCUT2D eigenvalue weighted by Crippen LogP contribution is -2.61. The molecular formula is C58H99NO10. The van der Waals surface area contributed by atoms with Crippen LogP contribution >= 0.6 is 0 Å². The molecule has 0 aromatic rings. The van der Waals surface area contributed by atoms with Gasteiger partial charge in [-0.15, -0.1) is 0 Å². The van der Waals surface area contributed by atoms with Gasteiger partial charge in [-0.2, -0.15) is 0 Å². The van der Waals surface area contributed by atoms with Crippen molar-refractivity contribution in [3.63, 3.8) is 0 Å². The minimum atomic E-state index is -1.62. The zero-order chi connectivity index (χ0) is 50.4. The smallest absolute Gasteiger partial charge is 0.306 e. The minimum Gasteiger partial charge on any atom is -0.454 e. The first-order valence-electron chi connectivity index (χ1n) is 27.4. The second-order valence-electron chi connectivity index (χ2n) is 18.7. The molecule has 0 spiro atoms. The third kappa shape index (κ3) is 34.7. The van der Waals surface area contributed by atoms with Crippen molar-refractivity contribution in [3.05, 3.63) is 85.1 Å². The summed E-state index contributed by atoms with van der Waals surface area (Å²) in [6, 6.07) is -1.05. The molecule has 11 heteroatoms. The Hall–Kier alpha value is -3.16. The standard InChI is InChI=1S/C58H99NO10/c1-4-7-10-13-16-19-22-24-25-26-28-30-33-36-39-42-45-51(62)57(66)59-49(50(61)44-41-38-35-32-29-21-18-15-12-9-6-3)48-67-58-56(55(65)54(64)52(47-60)68-58)69-53(63)46-43-40-37-34-31-27-23-20-17-14-11-8-5-2/h7,10,13,16,19,22,24-26,28,30,33,41,44,49-52,54-56,58,60-62,64-65H,4-6,8-9,11-12,14-15,17-18,20-21,23,27,29,31-32,34-40,42-43,45-48H2,1-3H3,(H,59,66)/b10-7-,16-13+,22-19+,25-24-,28-26+,33-30+,44-41+. The summed E-state index contributed by atoms with van der Waals surface area (Å²) in [6.45, 7) is 5.57. The van der Waals surface area contributed by atoms with Crippen LogP contribution in [0.15, 0.2) is 85.1 Å². The highest BCUT2D eigenvalue weighted by Crippen LogP contribution is 2.26. The third-order valence-corrected chi connectivity index (χ3v) is 12.5. The summed E-state index contributed by atoms with van der Waals surface area (Å²) in [5.41, 5.74) is 0. The highest BCUT2D eigenvalue weighted by atomic mass is 16.7. The van der Waals surface area contributed by atoms with E-state index in [0.717, 1.165) is 64.2 Å². The number of hydrogen-bond acceptors (Lipinski definition) is 10. The lowest BCUT2D eigenvalue weighted by atomic mass is 9.99. The van der Waals surface area contributed by atoms with E-state index in [2.05, 4.69) is 32.2 Å². The van der Waals surface area contributed by atoms with E-state index in [1.165, 1.54) is 96.3 Å². The van der Waals surface area contributed by atoms with Gasteiger partial charge in [-0.05, 0) is 44.9 Å². The molecule has 0 aromatic carbocycles. The maximum atomic E-state index is 13.3. The summed E-state index contributed by atoms with van der Waals surface area (Å²) in [5, 5.41) is 56.6. The van der Waals surface area contributed by atoms with Gasteiger partial charge in [0.05, 0.1) is 25.4 Å². The Morgan fingerprint density at radius 3 is 1.57 bits per heavy atom. The minimum absolute atomic E-state index is 0.117. The number of aliphatic hydroxyl groups excluding tert-OH is 5. The topological polar surface area (TPSA) is 175 Å². The number of amides is 1. The van der Waals surface area contributed by atoms with Gasteiger partial charge in [0.15, 0.2) is 12.4 Å². The summed E-state index contributed by atoms with van der Waals surface area (Å²) in [6.07, 6.45) is 47.7. The summed E-state index contributed by atoms with van der Waals surface area (Å²) < 4.78 is 17.5. The highest BCUT2D eigenvalue weighted by molar-refractivity contribution is 5.80. The summed E-state index contributed by atoms with van der Waals surface area (Å²) in [5.74, 6) is -1.25. The number of nitrogens with one attached hydrogen (secondary N) is 1. The third-order valence-electron chi connectivity index (χ3n) is 12.5. The zero-order valence-corrected chi connectivity index (χ0v) is 43.4. The molecule has 0 aliphatic carbocycles. The van der Waals surface area contributed by atoms with Crippen molar-refractivity contribution in [1.29, 1.82) is 0 Å². The van der Waals surface area contributed by atoms with E-state index in [9.17, 15) is 35.1 Å². The van der Waals surface area contributed by atoms with Crippen LogP contribution in [-0.2, 0) is 23.8 Å². The van der Waals surface area contributed by atoms with Crippen molar-refractivity contribution in [3.8, 4) is 0 Å². The van der Waals surface area contributed by atoms with Crippen LogP contribution in [0.5, 0.6) is 0 Å². The molecule has 1 aliphatic rings. The summed E-state index contributed by atoms with van der Waals surface area (Å²) >= 11 is 0. The van der Waals surface area contributed by atoms with Crippen molar-refractivity contribution in [1.82, 2.24) is 5.32 Å². The SMILES string of the molecule is CC\C=C/C=C/C=C/C=C\C=C\C=C\CCCCC(O)C(=O)NC(COC1OC(CO)C(O)C(O)C1OC(=O)CCCCCCCCCCCCCCC)C(O)/C=C/CCCCCCCCCCC. The second kappa shape index (κ2) is 45.9. The number of carbonyl (C=O) groups is 2. The number of rotatable bonds is 44. The molecular weight excluding hydrogens is 871 g/mol. The van der Waals surface area contributed by atoms with Gasteiger partial charge in [0, 0.05) is 6.42 Å². The van der Waals surface area contributed by atoms with Crippen LogP contribution in [0.3, 0.4) is 0 Å². The van der Waals surface area contributed by atoms with E-state index in [-0.39, 0.29) is 19.4 Å². The Morgan fingerprint density at radius 1 is 0.580 bits per heavy atom. The number of aliphatic hydroxyl groups is 5. The number of ether oxygens (including phenoxy) is 3. The average molecular weight is 970 g/mol. The van der Waals surface area contributed by atoms with Crippen molar-refractivity contribution < 1.29 is 49.3 Å². The fourth-order valence-electron chi connectivity index (χ4n) is 8.09. The van der Waals surface area contributed by atoms with Crippen molar-refractivity contribution in [2.75, 3.05) is 13.2 Å². The lowest BCUT2D eigenvalue weighted by Gasteiger charge is -2.41. The molecule has 8 atom stereocenters. The van der Waals surface area contributed by atoms with Crippen LogP contribution in [0.2, 0.25) is 0 Å². The number of carbonyl (C=O) groups excluding carboxylic acids is 2. The molecule has 1 aliphatic heterocycles. The van der Waals surface area contributed by atoms with Gasteiger partial charge in [-0.25, -0.2) is 0 Å². The normalized spacial score (nSPS) is 20.5. The second-order valence-corrected chi connectivity index (χ2v) is 18.7. The quantitative estimate of drug-likeness (QED) is 0.0149. The highest BCUT2D eigenvalue weighted by Gasteiger charge is 2.47. The van der Waals surface area contributed by atoms with Crippen LogP contribution in [-0.4, -0.2) is 99.6 Å². The molecule has 1 rings (SSSR count). The molecule has 396 valence electrons. The van der Waals surface area contributed by atoms with E-state index in [1.54, 1.807) is 6.08 Å².